The predicted molar refractivity (Wildman–Crippen MR) is 94.0 cm³/mol. The fraction of sp³-hybridized carbons (Fsp3) is 0.556. The Morgan fingerprint density at radius 1 is 1.33 bits per heavy atom. The van der Waals surface area contributed by atoms with E-state index in [1.165, 1.54) is 0 Å². The topological polar surface area (TPSA) is 72.9 Å². The fourth-order valence-electron chi connectivity index (χ4n) is 3.00. The number of aliphatic hydroxyl groups excluding tert-OH is 1. The van der Waals surface area contributed by atoms with E-state index in [9.17, 15) is 14.7 Å². The molecule has 1 aromatic rings. The van der Waals surface area contributed by atoms with Crippen LogP contribution >= 0.6 is 0 Å². The molecule has 1 heterocycles. The van der Waals surface area contributed by atoms with Crippen LogP contribution in [0.25, 0.3) is 0 Å². The van der Waals surface area contributed by atoms with Crippen LogP contribution in [0.2, 0.25) is 0 Å². The number of β-amino-alcohol motifs (C(OH)–C–C–N with tert-alkyl or cyclic N) is 1. The smallest absolute Gasteiger partial charge is 0.253 e. The maximum Gasteiger partial charge on any atom is 0.253 e. The molecule has 1 saturated heterocycles. The summed E-state index contributed by atoms with van der Waals surface area (Å²) in [7, 11) is 0. The lowest BCUT2D eigenvalue weighted by Gasteiger charge is -2.29. The molecule has 0 aromatic heterocycles. The second-order valence-corrected chi connectivity index (χ2v) is 6.14. The zero-order valence-corrected chi connectivity index (χ0v) is 14.5. The molecule has 1 aliphatic heterocycles. The Morgan fingerprint density at radius 3 is 2.75 bits per heavy atom. The zero-order valence-electron chi connectivity index (χ0n) is 14.5. The Kier molecular flexibility index (Phi) is 6.75. The van der Waals surface area contributed by atoms with Crippen molar-refractivity contribution in [3.63, 3.8) is 0 Å². The summed E-state index contributed by atoms with van der Waals surface area (Å²) >= 11 is 0. The number of carbonyl (C=O) groups excluding carboxylic acids is 2. The molecule has 2 amide bonds. The summed E-state index contributed by atoms with van der Waals surface area (Å²) in [5, 5.41) is 12.5. The van der Waals surface area contributed by atoms with Crippen LogP contribution in [0.15, 0.2) is 24.3 Å². The van der Waals surface area contributed by atoms with Crippen LogP contribution in [0.3, 0.4) is 0 Å². The standard InChI is InChI=1S/C18H27N3O3/c1-3-21(4-2)18(24)14-7-5-8-15(11-14)19-17(23)13-20-10-6-9-16(22)12-20/h5,7-8,11,16,22H,3-4,6,9-10,12-13H2,1-2H3,(H,19,23). The molecule has 132 valence electrons. The van der Waals surface area contributed by atoms with E-state index in [2.05, 4.69) is 5.32 Å². The minimum Gasteiger partial charge on any atom is -0.392 e. The summed E-state index contributed by atoms with van der Waals surface area (Å²) in [5.74, 6) is -0.160. The average Bonchev–Trinajstić information content (AvgIpc) is 2.56. The van der Waals surface area contributed by atoms with Crippen molar-refractivity contribution in [2.75, 3.05) is 38.0 Å². The molecule has 0 aliphatic carbocycles. The summed E-state index contributed by atoms with van der Waals surface area (Å²) in [6.07, 6.45) is 1.36. The number of carbonyl (C=O) groups is 2. The van der Waals surface area contributed by atoms with Gasteiger partial charge in [0.1, 0.15) is 0 Å². The van der Waals surface area contributed by atoms with E-state index in [0.717, 1.165) is 19.4 Å². The Morgan fingerprint density at radius 2 is 2.08 bits per heavy atom. The maximum atomic E-state index is 12.4. The van der Waals surface area contributed by atoms with Gasteiger partial charge in [-0.05, 0) is 51.4 Å². The molecule has 0 radical (unpaired) electrons. The fourth-order valence-corrected chi connectivity index (χ4v) is 3.00. The number of hydrogen-bond donors (Lipinski definition) is 2. The zero-order chi connectivity index (χ0) is 17.5. The number of benzene rings is 1. The monoisotopic (exact) mass is 333 g/mol. The van der Waals surface area contributed by atoms with E-state index < -0.39 is 0 Å². The van der Waals surface area contributed by atoms with Crippen molar-refractivity contribution >= 4 is 17.5 Å². The number of aliphatic hydroxyl groups is 1. The van der Waals surface area contributed by atoms with Crippen LogP contribution in [0.5, 0.6) is 0 Å². The second-order valence-electron chi connectivity index (χ2n) is 6.14. The van der Waals surface area contributed by atoms with Crippen molar-refractivity contribution in [2.45, 2.75) is 32.8 Å². The highest BCUT2D eigenvalue weighted by molar-refractivity contribution is 5.97. The molecule has 1 aliphatic rings. The van der Waals surface area contributed by atoms with Gasteiger partial charge in [-0.15, -0.1) is 0 Å². The van der Waals surface area contributed by atoms with Crippen molar-refractivity contribution in [2.24, 2.45) is 0 Å². The minimum atomic E-state index is -0.346. The van der Waals surface area contributed by atoms with Crippen LogP contribution in [0, 0.1) is 0 Å². The molecule has 1 atom stereocenters. The first-order valence-corrected chi connectivity index (χ1v) is 8.63. The summed E-state index contributed by atoms with van der Waals surface area (Å²) < 4.78 is 0. The highest BCUT2D eigenvalue weighted by Crippen LogP contribution is 2.14. The normalized spacial score (nSPS) is 18.2. The van der Waals surface area contributed by atoms with Gasteiger partial charge >= 0.3 is 0 Å². The lowest BCUT2D eigenvalue weighted by Crippen LogP contribution is -2.42. The number of nitrogens with one attached hydrogen (secondary N) is 1. The van der Waals surface area contributed by atoms with Gasteiger partial charge in [0.25, 0.3) is 5.91 Å². The molecular weight excluding hydrogens is 306 g/mol. The first-order valence-electron chi connectivity index (χ1n) is 8.63. The van der Waals surface area contributed by atoms with E-state index in [1.54, 1.807) is 29.2 Å². The molecule has 1 fully saturated rings. The van der Waals surface area contributed by atoms with Gasteiger partial charge in [-0.3, -0.25) is 14.5 Å². The molecule has 0 saturated carbocycles. The maximum absolute atomic E-state index is 12.4. The summed E-state index contributed by atoms with van der Waals surface area (Å²) in [6, 6.07) is 7.03. The van der Waals surface area contributed by atoms with Crippen LogP contribution < -0.4 is 5.32 Å². The van der Waals surface area contributed by atoms with Crippen molar-refractivity contribution < 1.29 is 14.7 Å². The molecule has 24 heavy (non-hydrogen) atoms. The van der Waals surface area contributed by atoms with Crippen molar-refractivity contribution in [1.29, 1.82) is 0 Å². The SMILES string of the molecule is CCN(CC)C(=O)c1cccc(NC(=O)CN2CCCC(O)C2)c1. The Hall–Kier alpha value is -1.92. The quantitative estimate of drug-likeness (QED) is 0.829. The highest BCUT2D eigenvalue weighted by Gasteiger charge is 2.20. The third-order valence-corrected chi connectivity index (χ3v) is 4.29. The van der Waals surface area contributed by atoms with Gasteiger partial charge < -0.3 is 15.3 Å². The van der Waals surface area contributed by atoms with Gasteiger partial charge in [0, 0.05) is 30.9 Å². The van der Waals surface area contributed by atoms with E-state index in [-0.39, 0.29) is 24.5 Å². The van der Waals surface area contributed by atoms with Gasteiger partial charge in [-0.1, -0.05) is 6.07 Å². The summed E-state index contributed by atoms with van der Waals surface area (Å²) in [4.78, 5) is 28.3. The Labute approximate surface area is 143 Å². The molecule has 6 heteroatoms. The highest BCUT2D eigenvalue weighted by atomic mass is 16.3. The third kappa shape index (κ3) is 5.04. The lowest BCUT2D eigenvalue weighted by molar-refractivity contribution is -0.118. The van der Waals surface area contributed by atoms with E-state index in [4.69, 9.17) is 0 Å². The van der Waals surface area contributed by atoms with Crippen molar-refractivity contribution in [3.8, 4) is 0 Å². The van der Waals surface area contributed by atoms with Gasteiger partial charge in [0.05, 0.1) is 12.6 Å². The molecular formula is C18H27N3O3. The van der Waals surface area contributed by atoms with Crippen LogP contribution in [-0.4, -0.2) is 65.5 Å². The molecule has 2 N–H and O–H groups in total. The van der Waals surface area contributed by atoms with Crippen molar-refractivity contribution in [3.05, 3.63) is 29.8 Å². The first kappa shape index (κ1) is 18.4. The van der Waals surface area contributed by atoms with Gasteiger partial charge in [0.15, 0.2) is 0 Å². The number of piperidine rings is 1. The number of amides is 2. The number of hydrogen-bond acceptors (Lipinski definition) is 4. The number of rotatable bonds is 6. The summed E-state index contributed by atoms with van der Waals surface area (Å²) in [6.45, 7) is 6.82. The van der Waals surface area contributed by atoms with Crippen molar-refractivity contribution in [1.82, 2.24) is 9.80 Å². The summed E-state index contributed by atoms with van der Waals surface area (Å²) in [5.41, 5.74) is 1.19. The molecule has 6 nitrogen and oxygen atoms in total. The van der Waals surface area contributed by atoms with Crippen LogP contribution in [-0.2, 0) is 4.79 Å². The van der Waals surface area contributed by atoms with E-state index >= 15 is 0 Å². The molecule has 0 bridgehead atoms. The lowest BCUT2D eigenvalue weighted by atomic mass is 10.1. The second kappa shape index (κ2) is 8.80. The van der Waals surface area contributed by atoms with Crippen LogP contribution in [0.1, 0.15) is 37.0 Å². The largest absolute Gasteiger partial charge is 0.392 e. The molecule has 2 rings (SSSR count). The molecule has 1 unspecified atom stereocenters. The molecule has 1 aromatic carbocycles. The predicted octanol–water partition coefficient (Wildman–Crippen LogP) is 1.56. The van der Waals surface area contributed by atoms with Crippen LogP contribution in [0.4, 0.5) is 5.69 Å². The van der Waals surface area contributed by atoms with E-state index in [1.807, 2.05) is 18.7 Å². The number of anilines is 1. The molecule has 0 spiro atoms. The number of likely N-dealkylation sites (tertiary alicyclic amines) is 1. The van der Waals surface area contributed by atoms with E-state index in [0.29, 0.717) is 30.9 Å². The number of nitrogens with zero attached hydrogens (tertiary/aromatic N) is 2. The van der Waals surface area contributed by atoms with Gasteiger partial charge in [-0.25, -0.2) is 0 Å². The average molecular weight is 333 g/mol. The van der Waals surface area contributed by atoms with Gasteiger partial charge in [0.2, 0.25) is 5.91 Å². The first-order chi connectivity index (χ1) is 11.5. The Balaban J connectivity index is 1.96. The van der Waals surface area contributed by atoms with Gasteiger partial charge in [-0.2, -0.15) is 0 Å². The third-order valence-electron chi connectivity index (χ3n) is 4.29. The minimum absolute atomic E-state index is 0.0322. The Bertz CT molecular complexity index is 572.